The van der Waals surface area contributed by atoms with E-state index in [1.165, 1.54) is 41.3 Å². The summed E-state index contributed by atoms with van der Waals surface area (Å²) in [5.41, 5.74) is 3.90. The number of halogens is 2. The lowest BCUT2D eigenvalue weighted by molar-refractivity contribution is 0.0944. The maximum absolute atomic E-state index is 14.1. The zero-order valence-electron chi connectivity index (χ0n) is 17.3. The predicted molar refractivity (Wildman–Crippen MR) is 118 cm³/mol. The SMILES string of the molecule is O=C(NCc1cn(Cc2cn3cc(C4CC4)ccc3n2)nn1)c1cnc2c(F)c(Cl)ccn12. The Hall–Kier alpha value is -3.79. The Balaban J connectivity index is 1.12. The van der Waals surface area contributed by atoms with Crippen LogP contribution in [0.25, 0.3) is 11.3 Å². The first-order chi connectivity index (χ1) is 16.0. The van der Waals surface area contributed by atoms with Gasteiger partial charge in [0.1, 0.15) is 17.0 Å². The van der Waals surface area contributed by atoms with E-state index in [-0.39, 0.29) is 22.9 Å². The van der Waals surface area contributed by atoms with Crippen LogP contribution < -0.4 is 5.32 Å². The van der Waals surface area contributed by atoms with Crippen LogP contribution in [-0.2, 0) is 13.1 Å². The Morgan fingerprint density at radius 1 is 1.18 bits per heavy atom. The molecule has 0 saturated heterocycles. The van der Waals surface area contributed by atoms with E-state index in [0.29, 0.717) is 18.2 Å². The third kappa shape index (κ3) is 3.72. The Kier molecular flexibility index (Phi) is 4.61. The third-order valence-electron chi connectivity index (χ3n) is 5.72. The number of hydrogen-bond acceptors (Lipinski definition) is 5. The number of pyridine rings is 2. The summed E-state index contributed by atoms with van der Waals surface area (Å²) in [4.78, 5) is 21.2. The number of imidazole rings is 2. The zero-order valence-corrected chi connectivity index (χ0v) is 18.1. The molecule has 1 fully saturated rings. The van der Waals surface area contributed by atoms with Crippen molar-refractivity contribution >= 4 is 28.8 Å². The van der Waals surface area contributed by atoms with E-state index in [2.05, 4.69) is 37.9 Å². The van der Waals surface area contributed by atoms with Crippen LogP contribution in [0.5, 0.6) is 0 Å². The minimum Gasteiger partial charge on any atom is -0.345 e. The number of aromatic nitrogens is 7. The number of nitrogens with one attached hydrogen (secondary N) is 1. The summed E-state index contributed by atoms with van der Waals surface area (Å²) in [5.74, 6) is -0.395. The van der Waals surface area contributed by atoms with Crippen molar-refractivity contribution in [2.24, 2.45) is 0 Å². The van der Waals surface area contributed by atoms with Gasteiger partial charge in [-0.25, -0.2) is 19.0 Å². The van der Waals surface area contributed by atoms with E-state index in [1.54, 1.807) is 10.9 Å². The lowest BCUT2D eigenvalue weighted by Crippen LogP contribution is -2.24. The maximum atomic E-state index is 14.1. The fraction of sp³-hybridized carbons (Fsp3) is 0.227. The molecule has 0 atom stereocenters. The summed E-state index contributed by atoms with van der Waals surface area (Å²) < 4.78 is 19.1. The van der Waals surface area contributed by atoms with Gasteiger partial charge in [0.25, 0.3) is 5.91 Å². The molecule has 1 aliphatic carbocycles. The first-order valence-electron chi connectivity index (χ1n) is 10.5. The van der Waals surface area contributed by atoms with Gasteiger partial charge in [-0.05, 0) is 36.5 Å². The first kappa shape index (κ1) is 19.9. The molecule has 0 radical (unpaired) electrons. The molecular formula is C22H18ClFN8O. The van der Waals surface area contributed by atoms with Crippen LogP contribution in [0.2, 0.25) is 5.02 Å². The Morgan fingerprint density at radius 2 is 2.06 bits per heavy atom. The minimum absolute atomic E-state index is 0.00435. The molecule has 1 saturated carbocycles. The van der Waals surface area contributed by atoms with Crippen molar-refractivity contribution in [3.63, 3.8) is 0 Å². The van der Waals surface area contributed by atoms with Gasteiger partial charge in [0.2, 0.25) is 0 Å². The van der Waals surface area contributed by atoms with Gasteiger partial charge in [0.05, 0.1) is 36.2 Å². The number of hydrogen-bond donors (Lipinski definition) is 1. The van der Waals surface area contributed by atoms with Crippen LogP contribution in [0, 0.1) is 5.82 Å². The normalized spacial score (nSPS) is 13.8. The quantitative estimate of drug-likeness (QED) is 0.416. The summed E-state index contributed by atoms with van der Waals surface area (Å²) in [7, 11) is 0. The van der Waals surface area contributed by atoms with Gasteiger partial charge in [-0.3, -0.25) is 9.20 Å². The second kappa shape index (κ2) is 7.66. The van der Waals surface area contributed by atoms with Crippen molar-refractivity contribution in [2.45, 2.75) is 31.8 Å². The largest absolute Gasteiger partial charge is 0.345 e. The molecule has 9 nitrogen and oxygen atoms in total. The first-order valence-corrected chi connectivity index (χ1v) is 10.9. The number of amides is 1. The molecule has 5 aromatic heterocycles. The average Bonchev–Trinajstić information content (AvgIpc) is 3.23. The number of fused-ring (bicyclic) bond motifs is 2. The number of carbonyl (C=O) groups excluding carboxylic acids is 1. The van der Waals surface area contributed by atoms with Crippen molar-refractivity contribution in [2.75, 3.05) is 0 Å². The lowest BCUT2D eigenvalue weighted by atomic mass is 10.2. The molecule has 0 unspecified atom stereocenters. The van der Waals surface area contributed by atoms with Gasteiger partial charge in [0.15, 0.2) is 11.5 Å². The van der Waals surface area contributed by atoms with Gasteiger partial charge in [-0.15, -0.1) is 5.10 Å². The molecule has 1 aliphatic rings. The van der Waals surface area contributed by atoms with E-state index in [9.17, 15) is 9.18 Å². The number of nitrogens with zero attached hydrogens (tertiary/aromatic N) is 7. The van der Waals surface area contributed by atoms with Crippen molar-refractivity contribution in [3.05, 3.63) is 82.7 Å². The van der Waals surface area contributed by atoms with Crippen LogP contribution in [0.1, 0.15) is 46.2 Å². The Morgan fingerprint density at radius 3 is 2.91 bits per heavy atom. The standard InChI is InChI=1S/C22H18ClFN8O/c23-17-5-6-32-18(8-25-21(32)20(17)24)22(33)26-7-15-11-31(29-28-15)12-16-10-30-9-14(13-1-2-13)3-4-19(30)27-16/h3-6,8-11,13H,1-2,7,12H2,(H,26,33). The molecule has 1 amide bonds. The highest BCUT2D eigenvalue weighted by molar-refractivity contribution is 6.31. The topological polar surface area (TPSA) is 94.4 Å². The smallest absolute Gasteiger partial charge is 0.270 e. The van der Waals surface area contributed by atoms with Crippen LogP contribution in [-0.4, -0.2) is 39.7 Å². The summed E-state index contributed by atoms with van der Waals surface area (Å²) in [6, 6.07) is 5.56. The number of rotatable bonds is 6. The summed E-state index contributed by atoms with van der Waals surface area (Å²) >= 11 is 5.77. The number of carbonyl (C=O) groups is 1. The minimum atomic E-state index is -0.670. The lowest BCUT2D eigenvalue weighted by Gasteiger charge is -2.04. The molecule has 11 heteroatoms. The molecule has 0 bridgehead atoms. The van der Waals surface area contributed by atoms with Crippen molar-refractivity contribution in [1.82, 2.24) is 39.1 Å². The fourth-order valence-corrected chi connectivity index (χ4v) is 4.02. The predicted octanol–water partition coefficient (Wildman–Crippen LogP) is 3.22. The van der Waals surface area contributed by atoms with Crippen molar-refractivity contribution in [3.8, 4) is 0 Å². The Labute approximate surface area is 191 Å². The van der Waals surface area contributed by atoms with Gasteiger partial charge >= 0.3 is 0 Å². The van der Waals surface area contributed by atoms with Crippen LogP contribution in [0.4, 0.5) is 4.39 Å². The Bertz CT molecular complexity index is 1520. The molecular weight excluding hydrogens is 447 g/mol. The van der Waals surface area contributed by atoms with Crippen LogP contribution in [0.3, 0.4) is 0 Å². The van der Waals surface area contributed by atoms with E-state index in [0.717, 1.165) is 11.3 Å². The molecule has 0 aromatic carbocycles. The highest BCUT2D eigenvalue weighted by atomic mass is 35.5. The molecule has 166 valence electrons. The van der Waals surface area contributed by atoms with E-state index in [4.69, 9.17) is 11.6 Å². The highest BCUT2D eigenvalue weighted by Crippen LogP contribution is 2.39. The third-order valence-corrected chi connectivity index (χ3v) is 6.01. The summed E-state index contributed by atoms with van der Waals surface area (Å²) in [5, 5.41) is 11.0. The average molecular weight is 465 g/mol. The molecule has 6 rings (SSSR count). The van der Waals surface area contributed by atoms with Gasteiger partial charge in [-0.2, -0.15) is 0 Å². The summed E-state index contributed by atoms with van der Waals surface area (Å²) in [6.45, 7) is 0.632. The molecule has 5 aromatic rings. The van der Waals surface area contributed by atoms with Gasteiger partial charge in [-0.1, -0.05) is 22.9 Å². The van der Waals surface area contributed by atoms with E-state index < -0.39 is 11.7 Å². The summed E-state index contributed by atoms with van der Waals surface area (Å²) in [6.07, 6.45) is 11.2. The highest BCUT2D eigenvalue weighted by Gasteiger charge is 2.23. The van der Waals surface area contributed by atoms with Gasteiger partial charge < -0.3 is 9.72 Å². The van der Waals surface area contributed by atoms with Crippen molar-refractivity contribution in [1.29, 1.82) is 0 Å². The second-order valence-electron chi connectivity index (χ2n) is 8.14. The molecule has 5 heterocycles. The zero-order chi connectivity index (χ0) is 22.5. The van der Waals surface area contributed by atoms with E-state index in [1.807, 2.05) is 16.7 Å². The molecule has 33 heavy (non-hydrogen) atoms. The van der Waals surface area contributed by atoms with Crippen molar-refractivity contribution < 1.29 is 9.18 Å². The van der Waals surface area contributed by atoms with Gasteiger partial charge in [0, 0.05) is 18.6 Å². The van der Waals surface area contributed by atoms with Crippen LogP contribution in [0.15, 0.2) is 49.2 Å². The monoisotopic (exact) mass is 464 g/mol. The molecule has 1 N–H and O–H groups in total. The molecule has 0 aliphatic heterocycles. The second-order valence-corrected chi connectivity index (χ2v) is 8.55. The van der Waals surface area contributed by atoms with Crippen LogP contribution >= 0.6 is 11.6 Å². The maximum Gasteiger partial charge on any atom is 0.270 e. The molecule has 0 spiro atoms. The fourth-order valence-electron chi connectivity index (χ4n) is 3.88. The van der Waals surface area contributed by atoms with E-state index >= 15 is 0 Å².